The van der Waals surface area contributed by atoms with Crippen LogP contribution < -0.4 is 5.32 Å². The van der Waals surface area contributed by atoms with E-state index in [9.17, 15) is 4.39 Å². The summed E-state index contributed by atoms with van der Waals surface area (Å²) in [6, 6.07) is 7.20. The third-order valence-electron chi connectivity index (χ3n) is 2.89. The maximum atomic E-state index is 13.1. The Morgan fingerprint density at radius 3 is 3.00 bits per heavy atom. The summed E-state index contributed by atoms with van der Waals surface area (Å²) in [5.41, 5.74) is 0.800. The Labute approximate surface area is 109 Å². The van der Waals surface area contributed by atoms with Gasteiger partial charge >= 0.3 is 0 Å². The molecule has 0 aliphatic heterocycles. The molecular formula is C13H14FN3S. The van der Waals surface area contributed by atoms with Crippen LogP contribution in [0.2, 0.25) is 0 Å². The SMILES string of the molecule is Fc1cccc(-c2nnc(CCNC3CC3)s2)c1. The summed E-state index contributed by atoms with van der Waals surface area (Å²) in [6.45, 7) is 0.947. The molecule has 18 heavy (non-hydrogen) atoms. The van der Waals surface area contributed by atoms with Crippen molar-refractivity contribution in [3.8, 4) is 10.6 Å². The molecule has 0 unspecified atom stereocenters. The molecule has 94 valence electrons. The minimum absolute atomic E-state index is 0.236. The summed E-state index contributed by atoms with van der Waals surface area (Å²) in [4.78, 5) is 0. The number of nitrogens with zero attached hydrogens (tertiary/aromatic N) is 2. The quantitative estimate of drug-likeness (QED) is 0.901. The van der Waals surface area contributed by atoms with Crippen LogP contribution in [0.1, 0.15) is 17.8 Å². The predicted molar refractivity (Wildman–Crippen MR) is 70.0 cm³/mol. The third-order valence-corrected chi connectivity index (χ3v) is 3.92. The second kappa shape index (κ2) is 5.12. The summed E-state index contributed by atoms with van der Waals surface area (Å²) >= 11 is 1.54. The molecule has 2 aromatic rings. The van der Waals surface area contributed by atoms with Gasteiger partial charge in [-0.3, -0.25) is 0 Å². The summed E-state index contributed by atoms with van der Waals surface area (Å²) in [6.07, 6.45) is 3.48. The summed E-state index contributed by atoms with van der Waals surface area (Å²) < 4.78 is 13.1. The first kappa shape index (κ1) is 11.7. The molecule has 1 aliphatic rings. The molecule has 5 heteroatoms. The second-order valence-corrected chi connectivity index (χ2v) is 5.55. The maximum absolute atomic E-state index is 13.1. The van der Waals surface area contributed by atoms with Gasteiger partial charge in [0.05, 0.1) is 0 Å². The smallest absolute Gasteiger partial charge is 0.147 e. The maximum Gasteiger partial charge on any atom is 0.147 e. The largest absolute Gasteiger partial charge is 0.314 e. The molecule has 1 aliphatic carbocycles. The van der Waals surface area contributed by atoms with Gasteiger partial charge in [-0.05, 0) is 25.0 Å². The van der Waals surface area contributed by atoms with E-state index < -0.39 is 0 Å². The third kappa shape index (κ3) is 2.91. The van der Waals surface area contributed by atoms with Gasteiger partial charge in [0.2, 0.25) is 0 Å². The first-order valence-electron chi connectivity index (χ1n) is 6.13. The highest BCUT2D eigenvalue weighted by atomic mass is 32.1. The van der Waals surface area contributed by atoms with E-state index in [2.05, 4.69) is 15.5 Å². The molecule has 1 saturated carbocycles. The van der Waals surface area contributed by atoms with Crippen LogP contribution in [0, 0.1) is 5.82 Å². The number of aromatic nitrogens is 2. The molecule has 0 radical (unpaired) electrons. The Morgan fingerprint density at radius 2 is 2.22 bits per heavy atom. The Bertz CT molecular complexity index is 537. The van der Waals surface area contributed by atoms with Crippen LogP contribution in [0.25, 0.3) is 10.6 Å². The number of hydrogen-bond acceptors (Lipinski definition) is 4. The normalized spacial score (nSPS) is 14.9. The van der Waals surface area contributed by atoms with E-state index in [0.29, 0.717) is 0 Å². The van der Waals surface area contributed by atoms with Gasteiger partial charge in [0, 0.05) is 24.6 Å². The van der Waals surface area contributed by atoms with Crippen LogP contribution in [-0.4, -0.2) is 22.8 Å². The first-order chi connectivity index (χ1) is 8.81. The van der Waals surface area contributed by atoms with Crippen molar-refractivity contribution in [1.82, 2.24) is 15.5 Å². The highest BCUT2D eigenvalue weighted by Crippen LogP contribution is 2.24. The van der Waals surface area contributed by atoms with Crippen LogP contribution in [-0.2, 0) is 6.42 Å². The molecule has 1 N–H and O–H groups in total. The zero-order valence-electron chi connectivity index (χ0n) is 9.90. The van der Waals surface area contributed by atoms with Crippen LogP contribution >= 0.6 is 11.3 Å². The van der Waals surface area contributed by atoms with E-state index in [1.54, 1.807) is 6.07 Å². The van der Waals surface area contributed by atoms with Crippen molar-refractivity contribution < 1.29 is 4.39 Å². The Morgan fingerprint density at radius 1 is 1.33 bits per heavy atom. The van der Waals surface area contributed by atoms with Crippen molar-refractivity contribution in [2.24, 2.45) is 0 Å². The summed E-state index contributed by atoms with van der Waals surface area (Å²) in [5, 5.41) is 13.5. The molecule has 1 heterocycles. The fourth-order valence-corrected chi connectivity index (χ4v) is 2.60. The average Bonchev–Trinajstić information content (AvgIpc) is 3.06. The van der Waals surface area contributed by atoms with Crippen molar-refractivity contribution in [3.63, 3.8) is 0 Å². The average molecular weight is 263 g/mol. The standard InChI is InChI=1S/C13H14FN3S/c14-10-3-1-2-9(8-10)13-17-16-12(18-13)6-7-15-11-4-5-11/h1-3,8,11,15H,4-7H2. The summed E-state index contributed by atoms with van der Waals surface area (Å²) in [7, 11) is 0. The van der Waals surface area contributed by atoms with E-state index in [-0.39, 0.29) is 5.82 Å². The van der Waals surface area contributed by atoms with Crippen LogP contribution in [0.15, 0.2) is 24.3 Å². The van der Waals surface area contributed by atoms with E-state index in [0.717, 1.165) is 34.6 Å². The van der Waals surface area contributed by atoms with Crippen molar-refractivity contribution in [2.75, 3.05) is 6.54 Å². The van der Waals surface area contributed by atoms with Gasteiger partial charge in [0.25, 0.3) is 0 Å². The lowest BCUT2D eigenvalue weighted by Crippen LogP contribution is -2.19. The fourth-order valence-electron chi connectivity index (χ4n) is 1.76. The van der Waals surface area contributed by atoms with Crippen LogP contribution in [0.4, 0.5) is 4.39 Å². The molecule has 3 nitrogen and oxygen atoms in total. The molecule has 0 bridgehead atoms. The molecule has 1 aromatic heterocycles. The number of hydrogen-bond donors (Lipinski definition) is 1. The predicted octanol–water partition coefficient (Wildman–Crippen LogP) is 2.64. The van der Waals surface area contributed by atoms with E-state index in [1.807, 2.05) is 6.07 Å². The minimum Gasteiger partial charge on any atom is -0.314 e. The molecular weight excluding hydrogens is 249 g/mol. The number of halogens is 1. The van der Waals surface area contributed by atoms with Gasteiger partial charge in [0.15, 0.2) is 0 Å². The first-order valence-corrected chi connectivity index (χ1v) is 6.94. The summed E-state index contributed by atoms with van der Waals surface area (Å²) in [5.74, 6) is -0.236. The Kier molecular flexibility index (Phi) is 3.34. The molecule has 0 spiro atoms. The topological polar surface area (TPSA) is 37.8 Å². The zero-order chi connectivity index (χ0) is 12.4. The van der Waals surface area contributed by atoms with Gasteiger partial charge in [-0.1, -0.05) is 23.5 Å². The monoisotopic (exact) mass is 263 g/mol. The lowest BCUT2D eigenvalue weighted by molar-refractivity contribution is 0.628. The van der Waals surface area contributed by atoms with Crippen molar-refractivity contribution in [1.29, 1.82) is 0 Å². The van der Waals surface area contributed by atoms with Gasteiger partial charge in [-0.2, -0.15) is 0 Å². The molecule has 0 atom stereocenters. The molecule has 0 amide bonds. The highest BCUT2D eigenvalue weighted by Gasteiger charge is 2.19. The van der Waals surface area contributed by atoms with Crippen molar-refractivity contribution in [3.05, 3.63) is 35.1 Å². The van der Waals surface area contributed by atoms with Crippen molar-refractivity contribution in [2.45, 2.75) is 25.3 Å². The van der Waals surface area contributed by atoms with Gasteiger partial charge in [-0.15, -0.1) is 10.2 Å². The molecule has 0 saturated heterocycles. The molecule has 1 aromatic carbocycles. The molecule has 1 fully saturated rings. The minimum atomic E-state index is -0.236. The van der Waals surface area contributed by atoms with Gasteiger partial charge in [0.1, 0.15) is 15.8 Å². The Hall–Kier alpha value is -1.33. The van der Waals surface area contributed by atoms with E-state index >= 15 is 0 Å². The number of rotatable bonds is 5. The lowest BCUT2D eigenvalue weighted by Gasteiger charge is -1.98. The highest BCUT2D eigenvalue weighted by molar-refractivity contribution is 7.14. The lowest BCUT2D eigenvalue weighted by atomic mass is 10.2. The fraction of sp³-hybridized carbons (Fsp3) is 0.385. The van der Waals surface area contributed by atoms with E-state index in [4.69, 9.17) is 0 Å². The van der Waals surface area contributed by atoms with Crippen LogP contribution in [0.5, 0.6) is 0 Å². The zero-order valence-corrected chi connectivity index (χ0v) is 10.7. The molecule has 3 rings (SSSR count). The Balaban J connectivity index is 1.64. The van der Waals surface area contributed by atoms with E-state index in [1.165, 1.54) is 36.3 Å². The van der Waals surface area contributed by atoms with Crippen molar-refractivity contribution >= 4 is 11.3 Å². The number of benzene rings is 1. The van der Waals surface area contributed by atoms with Crippen LogP contribution in [0.3, 0.4) is 0 Å². The van der Waals surface area contributed by atoms with Gasteiger partial charge < -0.3 is 5.32 Å². The second-order valence-electron chi connectivity index (χ2n) is 4.49. The number of nitrogens with one attached hydrogen (secondary N) is 1. The van der Waals surface area contributed by atoms with Gasteiger partial charge in [-0.25, -0.2) is 4.39 Å².